The molecule has 0 spiro atoms. The number of pyridine rings is 2. The summed E-state index contributed by atoms with van der Waals surface area (Å²) in [6.07, 6.45) is 1.62. The Bertz CT molecular complexity index is 1290. The monoisotopic (exact) mass is 486 g/mol. The maximum atomic E-state index is 14.3. The van der Waals surface area contributed by atoms with Crippen molar-refractivity contribution in [3.05, 3.63) is 60.4 Å². The number of nitrogens with zero attached hydrogens (tertiary/aromatic N) is 5. The van der Waals surface area contributed by atoms with Gasteiger partial charge in [-0.25, -0.2) is 28.1 Å². The molecule has 4 aromatic rings. The minimum absolute atomic E-state index is 0.133. The van der Waals surface area contributed by atoms with Crippen LogP contribution in [0.4, 0.5) is 24.7 Å². The first-order valence-electron chi connectivity index (χ1n) is 10.8. The van der Waals surface area contributed by atoms with E-state index in [2.05, 4.69) is 44.9 Å². The van der Waals surface area contributed by atoms with Crippen molar-refractivity contribution in [2.75, 3.05) is 11.9 Å². The Kier molecular flexibility index (Phi) is 6.94. The number of fused-ring (bicyclic) bond motifs is 1. The van der Waals surface area contributed by atoms with Gasteiger partial charge in [-0.3, -0.25) is 4.98 Å². The summed E-state index contributed by atoms with van der Waals surface area (Å²) < 4.78 is 48.4. The van der Waals surface area contributed by atoms with E-state index in [1.807, 2.05) is 0 Å². The van der Waals surface area contributed by atoms with Gasteiger partial charge in [-0.15, -0.1) is 0 Å². The Morgan fingerprint density at radius 1 is 1.09 bits per heavy atom. The Balaban J connectivity index is 1.74. The second-order valence-corrected chi connectivity index (χ2v) is 14.6. The zero-order chi connectivity index (χ0) is 24.3. The van der Waals surface area contributed by atoms with Gasteiger partial charge in [0.15, 0.2) is 11.6 Å². The second-order valence-electron chi connectivity index (χ2n) is 9.00. The molecule has 0 bridgehead atoms. The number of nitrogens with one attached hydrogen (secondary N) is 1. The maximum Gasteiger partial charge on any atom is 0.280 e. The van der Waals surface area contributed by atoms with Crippen LogP contribution in [0.1, 0.15) is 12.1 Å². The van der Waals surface area contributed by atoms with E-state index in [1.54, 1.807) is 22.9 Å². The van der Waals surface area contributed by atoms with Gasteiger partial charge in [-0.1, -0.05) is 25.7 Å². The molecule has 0 saturated carbocycles. The summed E-state index contributed by atoms with van der Waals surface area (Å²) in [6, 6.07) is 8.58. The smallest absolute Gasteiger partial charge is 0.280 e. The van der Waals surface area contributed by atoms with E-state index in [1.165, 1.54) is 24.4 Å². The number of rotatable bonds is 9. The molecular formula is C23H25F3N6OSi. The third-order valence-corrected chi connectivity index (χ3v) is 6.80. The highest BCUT2D eigenvalue weighted by Gasteiger charge is 2.18. The minimum Gasteiger partial charge on any atom is -0.361 e. The van der Waals surface area contributed by atoms with Crippen LogP contribution in [-0.2, 0) is 11.5 Å². The van der Waals surface area contributed by atoms with Gasteiger partial charge in [0.1, 0.15) is 29.6 Å². The maximum absolute atomic E-state index is 14.3. The molecule has 4 rings (SSSR count). The van der Waals surface area contributed by atoms with Crippen molar-refractivity contribution < 1.29 is 17.9 Å². The standard InChI is InChI=1S/C23H25F3N6OSi/c1-34(2,3)12-11-33-14-32-10-8-15-21(29-17-7-9-27-13-16(17)24)30-22(31-23(15)32)19-6-4-5-18(28-19)20(25)26/h4-10,13,20H,11-12,14H2,1-3H3,(H,27,29,30,31). The summed E-state index contributed by atoms with van der Waals surface area (Å²) in [5.74, 6) is -0.105. The molecule has 0 unspecified atom stereocenters. The Morgan fingerprint density at radius 3 is 2.65 bits per heavy atom. The summed E-state index contributed by atoms with van der Waals surface area (Å²) in [4.78, 5) is 16.8. The van der Waals surface area contributed by atoms with Gasteiger partial charge in [0.05, 0.1) is 17.3 Å². The van der Waals surface area contributed by atoms with Crippen molar-refractivity contribution in [2.45, 2.75) is 38.8 Å². The number of halogens is 3. The van der Waals surface area contributed by atoms with E-state index < -0.39 is 20.3 Å². The Labute approximate surface area is 196 Å². The first-order chi connectivity index (χ1) is 16.2. The van der Waals surface area contributed by atoms with Crippen molar-refractivity contribution in [2.24, 2.45) is 0 Å². The molecule has 4 aromatic heterocycles. The number of hydrogen-bond acceptors (Lipinski definition) is 6. The van der Waals surface area contributed by atoms with Crippen molar-refractivity contribution >= 4 is 30.6 Å². The highest BCUT2D eigenvalue weighted by molar-refractivity contribution is 6.76. The summed E-state index contributed by atoms with van der Waals surface area (Å²) in [5, 5.41) is 3.60. The lowest BCUT2D eigenvalue weighted by Crippen LogP contribution is -2.22. The van der Waals surface area contributed by atoms with E-state index in [0.29, 0.717) is 23.5 Å². The molecule has 0 radical (unpaired) electrons. The van der Waals surface area contributed by atoms with Crippen molar-refractivity contribution in [3.8, 4) is 11.5 Å². The van der Waals surface area contributed by atoms with Crippen molar-refractivity contribution in [1.29, 1.82) is 0 Å². The van der Waals surface area contributed by atoms with Crippen LogP contribution in [0.3, 0.4) is 0 Å². The van der Waals surface area contributed by atoms with Crippen LogP contribution in [0.2, 0.25) is 25.7 Å². The van der Waals surface area contributed by atoms with Crippen LogP contribution in [0.15, 0.2) is 48.9 Å². The molecule has 1 N–H and O–H groups in total. The third kappa shape index (κ3) is 5.60. The fourth-order valence-corrected chi connectivity index (χ4v) is 3.98. The van der Waals surface area contributed by atoms with Gasteiger partial charge in [0.2, 0.25) is 0 Å². The first kappa shape index (κ1) is 23.8. The fraction of sp³-hybridized carbons (Fsp3) is 0.304. The van der Waals surface area contributed by atoms with Crippen LogP contribution < -0.4 is 5.32 Å². The molecule has 0 fully saturated rings. The second kappa shape index (κ2) is 9.90. The molecule has 34 heavy (non-hydrogen) atoms. The molecule has 11 heteroatoms. The molecule has 0 amide bonds. The summed E-state index contributed by atoms with van der Waals surface area (Å²) in [7, 11) is -1.24. The Hall–Kier alpha value is -3.31. The zero-order valence-corrected chi connectivity index (χ0v) is 20.1. The van der Waals surface area contributed by atoms with E-state index >= 15 is 0 Å². The number of hydrogen-bond donors (Lipinski definition) is 1. The van der Waals surface area contributed by atoms with Crippen LogP contribution >= 0.6 is 0 Å². The molecule has 0 aliphatic heterocycles. The van der Waals surface area contributed by atoms with Gasteiger partial charge in [-0.05, 0) is 30.3 Å². The molecule has 0 saturated heterocycles. The highest BCUT2D eigenvalue weighted by atomic mass is 28.3. The van der Waals surface area contributed by atoms with Gasteiger partial charge < -0.3 is 14.6 Å². The van der Waals surface area contributed by atoms with Gasteiger partial charge in [0.25, 0.3) is 6.43 Å². The summed E-state index contributed by atoms with van der Waals surface area (Å²) in [5.41, 5.74) is 0.500. The molecule has 0 aliphatic rings. The first-order valence-corrected chi connectivity index (χ1v) is 14.5. The SMILES string of the molecule is C[Si](C)(C)CCOCn1ccc2c(Nc3ccncc3F)nc(-c3cccc(C(F)F)n3)nc21. The lowest BCUT2D eigenvalue weighted by molar-refractivity contribution is 0.0899. The van der Waals surface area contributed by atoms with Gasteiger partial charge >= 0.3 is 0 Å². The molecule has 7 nitrogen and oxygen atoms in total. The van der Waals surface area contributed by atoms with E-state index in [-0.39, 0.29) is 29.6 Å². The number of alkyl halides is 2. The van der Waals surface area contributed by atoms with Gasteiger partial charge in [-0.2, -0.15) is 0 Å². The normalized spacial score (nSPS) is 12.0. The van der Waals surface area contributed by atoms with Crippen molar-refractivity contribution in [1.82, 2.24) is 24.5 Å². The molecular weight excluding hydrogens is 461 g/mol. The predicted octanol–water partition coefficient (Wildman–Crippen LogP) is 6.02. The molecule has 0 aliphatic carbocycles. The van der Waals surface area contributed by atoms with E-state index in [9.17, 15) is 13.2 Å². The zero-order valence-electron chi connectivity index (χ0n) is 19.1. The molecule has 0 aromatic carbocycles. The van der Waals surface area contributed by atoms with Crippen LogP contribution in [0.25, 0.3) is 22.6 Å². The molecule has 178 valence electrons. The van der Waals surface area contributed by atoms with E-state index in [4.69, 9.17) is 4.74 Å². The minimum atomic E-state index is -2.73. The number of aromatic nitrogens is 5. The van der Waals surface area contributed by atoms with Gasteiger partial charge in [0, 0.05) is 27.1 Å². The average Bonchev–Trinajstić information content (AvgIpc) is 3.21. The average molecular weight is 487 g/mol. The van der Waals surface area contributed by atoms with E-state index in [0.717, 1.165) is 12.2 Å². The predicted molar refractivity (Wildman–Crippen MR) is 127 cm³/mol. The Morgan fingerprint density at radius 2 is 1.91 bits per heavy atom. The largest absolute Gasteiger partial charge is 0.361 e. The summed E-state index contributed by atoms with van der Waals surface area (Å²) in [6.45, 7) is 7.71. The lowest BCUT2D eigenvalue weighted by atomic mass is 10.2. The summed E-state index contributed by atoms with van der Waals surface area (Å²) >= 11 is 0. The van der Waals surface area contributed by atoms with Crippen LogP contribution in [-0.4, -0.2) is 39.2 Å². The van der Waals surface area contributed by atoms with Crippen LogP contribution in [0, 0.1) is 5.82 Å². The lowest BCUT2D eigenvalue weighted by Gasteiger charge is -2.16. The number of ether oxygens (including phenoxy) is 1. The quantitative estimate of drug-likeness (QED) is 0.230. The highest BCUT2D eigenvalue weighted by Crippen LogP contribution is 2.29. The topological polar surface area (TPSA) is 77.8 Å². The molecule has 0 atom stereocenters. The van der Waals surface area contributed by atoms with Crippen LogP contribution in [0.5, 0.6) is 0 Å². The molecule has 4 heterocycles. The van der Waals surface area contributed by atoms with Crippen molar-refractivity contribution in [3.63, 3.8) is 0 Å². The third-order valence-electron chi connectivity index (χ3n) is 5.09. The number of anilines is 2. The fourth-order valence-electron chi connectivity index (χ4n) is 3.22.